The first kappa shape index (κ1) is 22.9. The van der Waals surface area contributed by atoms with Crippen molar-refractivity contribution in [3.8, 4) is 0 Å². The number of halogens is 1. The van der Waals surface area contributed by atoms with Crippen LogP contribution in [0, 0.1) is 5.82 Å². The number of pyridine rings is 1. The van der Waals surface area contributed by atoms with E-state index in [0.717, 1.165) is 29.8 Å². The van der Waals surface area contributed by atoms with Crippen LogP contribution in [0.4, 0.5) is 10.1 Å². The van der Waals surface area contributed by atoms with Crippen molar-refractivity contribution in [3.05, 3.63) is 90.0 Å². The lowest BCUT2D eigenvalue weighted by atomic mass is 10.1. The van der Waals surface area contributed by atoms with E-state index in [1.54, 1.807) is 36.7 Å². The van der Waals surface area contributed by atoms with Crippen molar-refractivity contribution in [2.24, 2.45) is 0 Å². The van der Waals surface area contributed by atoms with Crippen LogP contribution in [0.3, 0.4) is 0 Å². The van der Waals surface area contributed by atoms with Crippen molar-refractivity contribution >= 4 is 27.5 Å². The predicted molar refractivity (Wildman–Crippen MR) is 117 cm³/mol. The summed E-state index contributed by atoms with van der Waals surface area (Å²) in [6.07, 6.45) is 3.31. The Morgan fingerprint density at radius 2 is 1.59 bits per heavy atom. The second-order valence-corrected chi connectivity index (χ2v) is 8.43. The molecular formula is C22H21FN4O4S. The van der Waals surface area contributed by atoms with E-state index in [1.807, 2.05) is 0 Å². The van der Waals surface area contributed by atoms with Crippen LogP contribution in [0.15, 0.2) is 78.0 Å². The van der Waals surface area contributed by atoms with Gasteiger partial charge in [-0.15, -0.1) is 0 Å². The van der Waals surface area contributed by atoms with Crippen LogP contribution in [-0.4, -0.2) is 31.8 Å². The van der Waals surface area contributed by atoms with Gasteiger partial charge in [-0.05, 0) is 54.1 Å². The van der Waals surface area contributed by atoms with Crippen LogP contribution in [0.5, 0.6) is 0 Å². The molecule has 1 aromatic heterocycles. The Balaban J connectivity index is 1.57. The summed E-state index contributed by atoms with van der Waals surface area (Å²) < 4.78 is 40.5. The molecule has 0 bridgehead atoms. The molecule has 0 saturated carbocycles. The lowest BCUT2D eigenvalue weighted by Gasteiger charge is -2.13. The maximum atomic E-state index is 13.1. The zero-order valence-electron chi connectivity index (χ0n) is 16.9. The molecule has 0 atom stereocenters. The van der Waals surface area contributed by atoms with Crippen molar-refractivity contribution in [3.63, 3.8) is 0 Å². The zero-order valence-corrected chi connectivity index (χ0v) is 17.7. The van der Waals surface area contributed by atoms with E-state index in [-0.39, 0.29) is 35.0 Å². The second-order valence-electron chi connectivity index (χ2n) is 6.74. The Hall–Kier alpha value is -3.79. The molecular weight excluding hydrogens is 435 g/mol. The van der Waals surface area contributed by atoms with Gasteiger partial charge < -0.3 is 10.6 Å². The molecule has 2 amide bonds. The average molecular weight is 456 g/mol. The topological polar surface area (TPSA) is 117 Å². The van der Waals surface area contributed by atoms with Gasteiger partial charge >= 0.3 is 0 Å². The molecule has 3 rings (SSSR count). The highest BCUT2D eigenvalue weighted by atomic mass is 32.2. The van der Waals surface area contributed by atoms with Crippen LogP contribution < -0.4 is 15.4 Å². The van der Waals surface area contributed by atoms with E-state index in [9.17, 15) is 22.4 Å². The molecule has 32 heavy (non-hydrogen) atoms. The molecule has 0 unspecified atom stereocenters. The van der Waals surface area contributed by atoms with Gasteiger partial charge in [-0.2, -0.15) is 0 Å². The molecule has 2 aromatic carbocycles. The standard InChI is InChI=1S/C22H21FN4O4S/c23-17-5-7-18(8-6-17)32(30,31)27-20-4-2-1-3-19(20)22(29)25-14-11-21(28)26-15-16-9-12-24-13-10-16/h1-10,12-13,27H,11,14-15H2,(H,25,29)(H,26,28). The molecule has 0 aliphatic rings. The van der Waals surface area contributed by atoms with Crippen LogP contribution in [0.2, 0.25) is 0 Å². The summed E-state index contributed by atoms with van der Waals surface area (Å²) in [7, 11) is -4.02. The van der Waals surface area contributed by atoms with Gasteiger partial charge in [-0.1, -0.05) is 12.1 Å². The summed E-state index contributed by atoms with van der Waals surface area (Å²) >= 11 is 0. The first-order chi connectivity index (χ1) is 15.3. The third-order valence-electron chi connectivity index (χ3n) is 4.42. The van der Waals surface area contributed by atoms with Crippen molar-refractivity contribution in [2.45, 2.75) is 17.9 Å². The molecule has 1 heterocycles. The third kappa shape index (κ3) is 6.35. The molecule has 3 N–H and O–H groups in total. The van der Waals surface area contributed by atoms with Gasteiger partial charge in [0.05, 0.1) is 16.1 Å². The van der Waals surface area contributed by atoms with Gasteiger partial charge in [-0.25, -0.2) is 12.8 Å². The lowest BCUT2D eigenvalue weighted by Crippen LogP contribution is -2.31. The van der Waals surface area contributed by atoms with Gasteiger partial charge in [-0.3, -0.25) is 19.3 Å². The Kier molecular flexibility index (Phi) is 7.50. The summed E-state index contributed by atoms with van der Waals surface area (Å²) in [5, 5.41) is 5.35. The molecule has 0 spiro atoms. The number of carbonyl (C=O) groups is 2. The van der Waals surface area contributed by atoms with Crippen molar-refractivity contribution in [2.75, 3.05) is 11.3 Å². The minimum atomic E-state index is -4.02. The summed E-state index contributed by atoms with van der Waals surface area (Å²) in [5.41, 5.74) is 1.06. The number of benzene rings is 2. The average Bonchev–Trinajstić information content (AvgIpc) is 2.79. The van der Waals surface area contributed by atoms with E-state index in [0.29, 0.717) is 6.54 Å². The SMILES string of the molecule is O=C(CCNC(=O)c1ccccc1NS(=O)(=O)c1ccc(F)cc1)NCc1ccncc1. The number of sulfonamides is 1. The fourth-order valence-corrected chi connectivity index (χ4v) is 3.84. The first-order valence-electron chi connectivity index (χ1n) is 9.66. The number of amides is 2. The number of hydrogen-bond acceptors (Lipinski definition) is 5. The quantitative estimate of drug-likeness (QED) is 0.457. The van der Waals surface area contributed by atoms with Crippen LogP contribution >= 0.6 is 0 Å². The fraction of sp³-hybridized carbons (Fsp3) is 0.136. The fourth-order valence-electron chi connectivity index (χ4n) is 2.76. The predicted octanol–water partition coefficient (Wildman–Crippen LogP) is 2.46. The second kappa shape index (κ2) is 10.5. The highest BCUT2D eigenvalue weighted by Crippen LogP contribution is 2.20. The van der Waals surface area contributed by atoms with E-state index in [4.69, 9.17) is 0 Å². The normalized spacial score (nSPS) is 10.9. The van der Waals surface area contributed by atoms with Gasteiger partial charge in [0.1, 0.15) is 5.82 Å². The van der Waals surface area contributed by atoms with E-state index < -0.39 is 21.7 Å². The van der Waals surface area contributed by atoms with Gasteiger partial charge in [0.15, 0.2) is 0 Å². The Bertz CT molecular complexity index is 1190. The number of aromatic nitrogens is 1. The first-order valence-corrected chi connectivity index (χ1v) is 11.1. The van der Waals surface area contributed by atoms with Crippen molar-refractivity contribution < 1.29 is 22.4 Å². The largest absolute Gasteiger partial charge is 0.352 e. The zero-order chi connectivity index (χ0) is 23.0. The van der Waals surface area contributed by atoms with E-state index in [2.05, 4.69) is 20.3 Å². The van der Waals surface area contributed by atoms with Crippen molar-refractivity contribution in [1.82, 2.24) is 15.6 Å². The molecule has 8 nitrogen and oxygen atoms in total. The minimum Gasteiger partial charge on any atom is -0.352 e. The Morgan fingerprint density at radius 1 is 0.906 bits per heavy atom. The molecule has 166 valence electrons. The van der Waals surface area contributed by atoms with E-state index in [1.165, 1.54) is 12.1 Å². The third-order valence-corrected chi connectivity index (χ3v) is 5.80. The molecule has 0 fully saturated rings. The van der Waals surface area contributed by atoms with Gasteiger partial charge in [0.2, 0.25) is 5.91 Å². The van der Waals surface area contributed by atoms with Crippen LogP contribution in [0.25, 0.3) is 0 Å². The Labute approximate surface area is 184 Å². The van der Waals surface area contributed by atoms with Crippen LogP contribution in [-0.2, 0) is 21.4 Å². The maximum Gasteiger partial charge on any atom is 0.261 e. The summed E-state index contributed by atoms with van der Waals surface area (Å²) in [6.45, 7) is 0.420. The molecule has 0 radical (unpaired) electrons. The van der Waals surface area contributed by atoms with Crippen LogP contribution in [0.1, 0.15) is 22.3 Å². The number of para-hydroxylation sites is 1. The van der Waals surface area contributed by atoms with E-state index >= 15 is 0 Å². The van der Waals surface area contributed by atoms with Gasteiger partial charge in [0, 0.05) is 31.9 Å². The maximum absolute atomic E-state index is 13.1. The molecule has 0 saturated heterocycles. The lowest BCUT2D eigenvalue weighted by molar-refractivity contribution is -0.121. The number of hydrogen-bond donors (Lipinski definition) is 3. The molecule has 3 aromatic rings. The molecule has 0 aliphatic carbocycles. The number of anilines is 1. The number of nitrogens with one attached hydrogen (secondary N) is 3. The minimum absolute atomic E-state index is 0.0559. The highest BCUT2D eigenvalue weighted by Gasteiger charge is 2.18. The summed E-state index contributed by atoms with van der Waals surface area (Å²) in [5.74, 6) is -1.34. The Morgan fingerprint density at radius 3 is 2.31 bits per heavy atom. The number of rotatable bonds is 9. The summed E-state index contributed by atoms with van der Waals surface area (Å²) in [4.78, 5) is 28.3. The van der Waals surface area contributed by atoms with Crippen molar-refractivity contribution in [1.29, 1.82) is 0 Å². The van der Waals surface area contributed by atoms with Gasteiger partial charge in [0.25, 0.3) is 15.9 Å². The number of carbonyl (C=O) groups excluding carboxylic acids is 2. The summed E-state index contributed by atoms with van der Waals surface area (Å²) in [6, 6.07) is 14.0. The molecule has 10 heteroatoms. The molecule has 0 aliphatic heterocycles. The number of nitrogens with zero attached hydrogens (tertiary/aromatic N) is 1. The monoisotopic (exact) mass is 456 g/mol. The smallest absolute Gasteiger partial charge is 0.261 e. The highest BCUT2D eigenvalue weighted by molar-refractivity contribution is 7.92.